The number of carbonyl (C=O) groups excluding carboxylic acids is 2. The summed E-state index contributed by atoms with van der Waals surface area (Å²) < 4.78 is 43.2. The highest BCUT2D eigenvalue weighted by atomic mass is 19.4. The molecule has 0 radical (unpaired) electrons. The largest absolute Gasteiger partial charge is 0.484 e. The highest BCUT2D eigenvalue weighted by Gasteiger charge is 2.30. The van der Waals surface area contributed by atoms with Crippen molar-refractivity contribution in [3.05, 3.63) is 64.7 Å². The Kier molecular flexibility index (Phi) is 5.86. The number of hydrogen-bond acceptors (Lipinski definition) is 3. The van der Waals surface area contributed by atoms with Crippen molar-refractivity contribution in [3.63, 3.8) is 0 Å². The minimum absolute atomic E-state index is 0.227. The van der Waals surface area contributed by atoms with Crippen LogP contribution < -0.4 is 15.6 Å². The zero-order valence-electron chi connectivity index (χ0n) is 14.1. The first-order valence-corrected chi connectivity index (χ1v) is 7.63. The van der Waals surface area contributed by atoms with Crippen LogP contribution in [0.5, 0.6) is 5.75 Å². The summed E-state index contributed by atoms with van der Waals surface area (Å²) in [7, 11) is 0. The molecular formula is C18H17F3N2O3. The Balaban J connectivity index is 1.87. The average molecular weight is 366 g/mol. The van der Waals surface area contributed by atoms with E-state index < -0.39 is 23.6 Å². The van der Waals surface area contributed by atoms with E-state index in [-0.39, 0.29) is 12.2 Å². The number of rotatable bonds is 4. The van der Waals surface area contributed by atoms with Crippen LogP contribution >= 0.6 is 0 Å². The van der Waals surface area contributed by atoms with Crippen molar-refractivity contribution in [3.8, 4) is 5.75 Å². The van der Waals surface area contributed by atoms with E-state index in [1.54, 1.807) is 12.1 Å². The molecule has 0 unspecified atom stereocenters. The summed E-state index contributed by atoms with van der Waals surface area (Å²) in [6.07, 6.45) is -4.56. The van der Waals surface area contributed by atoms with Crippen molar-refractivity contribution in [2.24, 2.45) is 0 Å². The zero-order chi connectivity index (χ0) is 19.3. The Morgan fingerprint density at radius 1 is 1.00 bits per heavy atom. The van der Waals surface area contributed by atoms with E-state index >= 15 is 0 Å². The highest BCUT2D eigenvalue weighted by molar-refractivity contribution is 5.95. The van der Waals surface area contributed by atoms with Gasteiger partial charge in [-0.15, -0.1) is 0 Å². The van der Waals surface area contributed by atoms with Crippen molar-refractivity contribution < 1.29 is 27.5 Å². The average Bonchev–Trinajstić information content (AvgIpc) is 2.60. The number of ether oxygens (including phenoxy) is 1. The van der Waals surface area contributed by atoms with Crippen molar-refractivity contribution in [1.82, 2.24) is 10.9 Å². The van der Waals surface area contributed by atoms with E-state index in [0.717, 1.165) is 23.3 Å². The number of carbonyl (C=O) groups is 2. The molecular weight excluding hydrogens is 349 g/mol. The molecule has 0 aliphatic rings. The molecule has 0 fully saturated rings. The van der Waals surface area contributed by atoms with Crippen LogP contribution in [0.25, 0.3) is 0 Å². The van der Waals surface area contributed by atoms with Crippen LogP contribution in [0.2, 0.25) is 0 Å². The fourth-order valence-electron chi connectivity index (χ4n) is 2.02. The maximum absolute atomic E-state index is 12.6. The lowest BCUT2D eigenvalue weighted by atomic mass is 10.1. The van der Waals surface area contributed by atoms with Gasteiger partial charge in [-0.1, -0.05) is 12.1 Å². The van der Waals surface area contributed by atoms with Gasteiger partial charge in [0.05, 0.1) is 5.56 Å². The normalized spacial score (nSPS) is 11.0. The van der Waals surface area contributed by atoms with Gasteiger partial charge in [-0.25, -0.2) is 0 Å². The van der Waals surface area contributed by atoms with E-state index in [1.807, 2.05) is 25.3 Å². The standard InChI is InChI=1S/C18H17F3N2O3/c1-11-6-7-15(8-12(11)2)26-10-16(24)22-23-17(25)13-4-3-5-14(9-13)18(19,20)21/h3-9H,10H2,1-2H3,(H,22,24)(H,23,25). The third kappa shape index (κ3) is 5.23. The number of nitrogens with one attached hydrogen (secondary N) is 2. The van der Waals surface area contributed by atoms with E-state index in [9.17, 15) is 22.8 Å². The van der Waals surface area contributed by atoms with E-state index in [0.29, 0.717) is 11.8 Å². The van der Waals surface area contributed by atoms with Gasteiger partial charge in [-0.2, -0.15) is 13.2 Å². The van der Waals surface area contributed by atoms with Crippen LogP contribution in [0.15, 0.2) is 42.5 Å². The molecule has 0 heterocycles. The highest BCUT2D eigenvalue weighted by Crippen LogP contribution is 2.29. The van der Waals surface area contributed by atoms with Gasteiger partial charge in [-0.3, -0.25) is 20.4 Å². The van der Waals surface area contributed by atoms with Gasteiger partial charge in [0, 0.05) is 5.56 Å². The number of alkyl halides is 3. The fraction of sp³-hybridized carbons (Fsp3) is 0.222. The van der Waals surface area contributed by atoms with Gasteiger partial charge < -0.3 is 4.74 Å². The summed E-state index contributed by atoms with van der Waals surface area (Å²) in [5.41, 5.74) is 5.04. The summed E-state index contributed by atoms with van der Waals surface area (Å²) in [5, 5.41) is 0. The number of aryl methyl sites for hydroxylation is 2. The molecule has 2 N–H and O–H groups in total. The Labute approximate surface area is 148 Å². The topological polar surface area (TPSA) is 67.4 Å². The Morgan fingerprint density at radius 2 is 1.73 bits per heavy atom. The van der Waals surface area contributed by atoms with Crippen molar-refractivity contribution in [1.29, 1.82) is 0 Å². The van der Waals surface area contributed by atoms with E-state index in [2.05, 4.69) is 5.43 Å². The Bertz CT molecular complexity index is 820. The van der Waals surface area contributed by atoms with Crippen LogP contribution in [0.4, 0.5) is 13.2 Å². The third-order valence-electron chi connectivity index (χ3n) is 3.62. The molecule has 5 nitrogen and oxygen atoms in total. The van der Waals surface area contributed by atoms with Crippen LogP contribution in [0.3, 0.4) is 0 Å². The van der Waals surface area contributed by atoms with Crippen LogP contribution in [0, 0.1) is 13.8 Å². The minimum Gasteiger partial charge on any atom is -0.484 e. The van der Waals surface area contributed by atoms with Crippen LogP contribution in [-0.2, 0) is 11.0 Å². The molecule has 8 heteroatoms. The molecule has 0 atom stereocenters. The molecule has 2 aromatic rings. The molecule has 0 saturated carbocycles. The molecule has 2 rings (SSSR count). The third-order valence-corrected chi connectivity index (χ3v) is 3.62. The van der Waals surface area contributed by atoms with Gasteiger partial charge in [0.1, 0.15) is 5.75 Å². The van der Waals surface area contributed by atoms with E-state index in [1.165, 1.54) is 6.07 Å². The van der Waals surface area contributed by atoms with Gasteiger partial charge in [-0.05, 0) is 55.3 Å². The molecule has 0 aliphatic heterocycles. The quantitative estimate of drug-likeness (QED) is 0.817. The first kappa shape index (κ1) is 19.3. The van der Waals surface area contributed by atoms with E-state index in [4.69, 9.17) is 4.74 Å². The smallest absolute Gasteiger partial charge is 0.416 e. The van der Waals surface area contributed by atoms with Crippen LogP contribution in [0.1, 0.15) is 27.0 Å². The minimum atomic E-state index is -4.56. The Hall–Kier alpha value is -3.03. The maximum atomic E-state index is 12.6. The molecule has 0 bridgehead atoms. The molecule has 0 aliphatic carbocycles. The molecule has 2 aromatic carbocycles. The monoisotopic (exact) mass is 366 g/mol. The second-order valence-corrected chi connectivity index (χ2v) is 5.62. The lowest BCUT2D eigenvalue weighted by Crippen LogP contribution is -2.43. The van der Waals surface area contributed by atoms with Gasteiger partial charge >= 0.3 is 6.18 Å². The molecule has 0 saturated heterocycles. The maximum Gasteiger partial charge on any atom is 0.416 e. The second-order valence-electron chi connectivity index (χ2n) is 5.62. The first-order valence-electron chi connectivity index (χ1n) is 7.63. The molecule has 0 aromatic heterocycles. The predicted molar refractivity (Wildman–Crippen MR) is 88.5 cm³/mol. The second kappa shape index (κ2) is 7.90. The number of halogens is 3. The lowest BCUT2D eigenvalue weighted by Gasteiger charge is -2.11. The molecule has 138 valence electrons. The zero-order valence-corrected chi connectivity index (χ0v) is 14.1. The summed E-state index contributed by atoms with van der Waals surface area (Å²) in [6.45, 7) is 3.48. The number of hydrazine groups is 1. The van der Waals surface area contributed by atoms with Crippen molar-refractivity contribution in [2.75, 3.05) is 6.61 Å². The van der Waals surface area contributed by atoms with Gasteiger partial charge in [0.15, 0.2) is 6.61 Å². The van der Waals surface area contributed by atoms with Gasteiger partial charge in [0.2, 0.25) is 0 Å². The predicted octanol–water partition coefficient (Wildman–Crippen LogP) is 3.16. The number of benzene rings is 2. The molecule has 0 spiro atoms. The molecule has 2 amide bonds. The van der Waals surface area contributed by atoms with Crippen LogP contribution in [-0.4, -0.2) is 18.4 Å². The number of amides is 2. The van der Waals surface area contributed by atoms with Crippen molar-refractivity contribution >= 4 is 11.8 Å². The Morgan fingerprint density at radius 3 is 2.38 bits per heavy atom. The molecule has 26 heavy (non-hydrogen) atoms. The summed E-state index contributed by atoms with van der Waals surface area (Å²) in [4.78, 5) is 23.6. The summed E-state index contributed by atoms with van der Waals surface area (Å²) in [6, 6.07) is 9.20. The summed E-state index contributed by atoms with van der Waals surface area (Å²) in [5.74, 6) is -1.02. The number of hydrogen-bond donors (Lipinski definition) is 2. The van der Waals surface area contributed by atoms with Gasteiger partial charge in [0.25, 0.3) is 11.8 Å². The fourth-order valence-corrected chi connectivity index (χ4v) is 2.02. The first-order chi connectivity index (χ1) is 12.2. The lowest BCUT2D eigenvalue weighted by molar-refractivity contribution is -0.137. The van der Waals surface area contributed by atoms with Crippen molar-refractivity contribution in [2.45, 2.75) is 20.0 Å². The summed E-state index contributed by atoms with van der Waals surface area (Å²) >= 11 is 0. The SMILES string of the molecule is Cc1ccc(OCC(=O)NNC(=O)c2cccc(C(F)(F)F)c2)cc1C.